The summed E-state index contributed by atoms with van der Waals surface area (Å²) in [4.78, 5) is 28.3. The van der Waals surface area contributed by atoms with Gasteiger partial charge in [0.05, 0.1) is 6.42 Å². The van der Waals surface area contributed by atoms with Gasteiger partial charge in [0.15, 0.2) is 0 Å². The topological polar surface area (TPSA) is 49.4 Å². The van der Waals surface area contributed by atoms with Gasteiger partial charge in [-0.3, -0.25) is 9.59 Å². The Labute approximate surface area is 209 Å². The monoisotopic (exact) mass is 502 g/mol. The molecule has 1 atom stereocenters. The van der Waals surface area contributed by atoms with E-state index in [1.54, 1.807) is 29.2 Å². The molecule has 0 bridgehead atoms. The van der Waals surface area contributed by atoms with E-state index in [-0.39, 0.29) is 24.8 Å². The standard InChI is InChI=1S/C26H25Cl3N2O2/c1-2-30-26(33)24(14-18-8-4-3-5-9-18)31(17-20-12-13-21(27)16-23(20)29)25(32)15-19-10-6-7-11-22(19)28/h3-13,16,24H,2,14-15,17H2,1H3,(H,30,33)/t24-/m1/s1. The lowest BCUT2D eigenvalue weighted by atomic mass is 10.0. The van der Waals surface area contributed by atoms with Crippen LogP contribution in [0.1, 0.15) is 23.6 Å². The van der Waals surface area contributed by atoms with Crippen LogP contribution in [0.4, 0.5) is 0 Å². The molecule has 0 fully saturated rings. The van der Waals surface area contributed by atoms with Crippen molar-refractivity contribution in [1.29, 1.82) is 0 Å². The third-order valence-corrected chi connectivity index (χ3v) is 6.23. The van der Waals surface area contributed by atoms with Crippen LogP contribution in [0, 0.1) is 0 Å². The molecule has 0 saturated carbocycles. The number of likely N-dealkylation sites (N-methyl/N-ethyl adjacent to an activating group) is 1. The third kappa shape index (κ3) is 6.97. The van der Waals surface area contributed by atoms with Crippen LogP contribution >= 0.6 is 34.8 Å². The smallest absolute Gasteiger partial charge is 0.243 e. The Bertz CT molecular complexity index is 1110. The molecule has 0 aliphatic carbocycles. The van der Waals surface area contributed by atoms with Gasteiger partial charge >= 0.3 is 0 Å². The predicted molar refractivity (Wildman–Crippen MR) is 135 cm³/mol. The normalized spacial score (nSPS) is 11.6. The molecule has 2 amide bonds. The van der Waals surface area contributed by atoms with Gasteiger partial charge in [0.2, 0.25) is 11.8 Å². The van der Waals surface area contributed by atoms with Gasteiger partial charge in [-0.15, -0.1) is 0 Å². The van der Waals surface area contributed by atoms with Gasteiger partial charge in [0.25, 0.3) is 0 Å². The first-order valence-electron chi connectivity index (χ1n) is 10.7. The number of hydrogen-bond acceptors (Lipinski definition) is 2. The summed E-state index contributed by atoms with van der Waals surface area (Å²) in [5, 5.41) is 4.32. The average molecular weight is 504 g/mol. The van der Waals surface area contributed by atoms with Crippen molar-refractivity contribution in [2.24, 2.45) is 0 Å². The largest absolute Gasteiger partial charge is 0.355 e. The summed E-state index contributed by atoms with van der Waals surface area (Å²) in [6.45, 7) is 2.47. The zero-order chi connectivity index (χ0) is 23.8. The van der Waals surface area contributed by atoms with E-state index in [2.05, 4.69) is 5.32 Å². The number of carbonyl (C=O) groups is 2. The summed E-state index contributed by atoms with van der Waals surface area (Å²) in [5.41, 5.74) is 2.35. The molecule has 7 heteroatoms. The Morgan fingerprint density at radius 3 is 2.24 bits per heavy atom. The highest BCUT2D eigenvalue weighted by atomic mass is 35.5. The summed E-state index contributed by atoms with van der Waals surface area (Å²) in [7, 11) is 0. The Kier molecular flexibility index (Phi) is 9.19. The van der Waals surface area contributed by atoms with Crippen molar-refractivity contribution in [3.8, 4) is 0 Å². The molecule has 33 heavy (non-hydrogen) atoms. The highest BCUT2D eigenvalue weighted by Gasteiger charge is 2.30. The van der Waals surface area contributed by atoms with Crippen molar-refractivity contribution in [1.82, 2.24) is 10.2 Å². The highest BCUT2D eigenvalue weighted by Crippen LogP contribution is 2.25. The molecule has 3 aromatic rings. The molecule has 0 saturated heterocycles. The molecule has 0 spiro atoms. The minimum absolute atomic E-state index is 0.0651. The molecule has 0 radical (unpaired) electrons. The van der Waals surface area contributed by atoms with Crippen LogP contribution in [0.2, 0.25) is 15.1 Å². The zero-order valence-corrected chi connectivity index (χ0v) is 20.5. The van der Waals surface area contributed by atoms with Crippen molar-refractivity contribution < 1.29 is 9.59 Å². The van der Waals surface area contributed by atoms with Gasteiger partial charge in [0, 0.05) is 34.6 Å². The Morgan fingerprint density at radius 2 is 1.58 bits per heavy atom. The number of hydrogen-bond donors (Lipinski definition) is 1. The van der Waals surface area contributed by atoms with Gasteiger partial charge in [-0.2, -0.15) is 0 Å². The van der Waals surface area contributed by atoms with E-state index in [0.29, 0.717) is 39.2 Å². The van der Waals surface area contributed by atoms with E-state index in [1.807, 2.05) is 55.5 Å². The summed E-state index contributed by atoms with van der Waals surface area (Å²) < 4.78 is 0. The summed E-state index contributed by atoms with van der Waals surface area (Å²) >= 11 is 18.8. The number of nitrogens with zero attached hydrogens (tertiary/aromatic N) is 1. The second kappa shape index (κ2) is 12.1. The first-order valence-corrected chi connectivity index (χ1v) is 11.8. The minimum Gasteiger partial charge on any atom is -0.355 e. The molecule has 0 heterocycles. The van der Waals surface area contributed by atoms with E-state index in [0.717, 1.165) is 5.56 Å². The van der Waals surface area contributed by atoms with Crippen LogP contribution in [-0.2, 0) is 29.0 Å². The van der Waals surface area contributed by atoms with Crippen molar-refractivity contribution >= 4 is 46.6 Å². The Morgan fingerprint density at radius 1 is 0.879 bits per heavy atom. The quantitative estimate of drug-likeness (QED) is 0.391. The number of nitrogens with one attached hydrogen (secondary N) is 1. The van der Waals surface area contributed by atoms with E-state index in [1.165, 1.54) is 0 Å². The van der Waals surface area contributed by atoms with Gasteiger partial charge < -0.3 is 10.2 Å². The second-order valence-corrected chi connectivity index (χ2v) is 8.88. The molecule has 1 N–H and O–H groups in total. The maximum Gasteiger partial charge on any atom is 0.243 e. The number of rotatable bonds is 9. The first-order chi connectivity index (χ1) is 15.9. The number of benzene rings is 3. The maximum atomic E-state index is 13.6. The summed E-state index contributed by atoms with van der Waals surface area (Å²) in [6, 6.07) is 21.2. The van der Waals surface area contributed by atoms with Gasteiger partial charge in [-0.1, -0.05) is 89.4 Å². The van der Waals surface area contributed by atoms with E-state index in [9.17, 15) is 9.59 Å². The Balaban J connectivity index is 1.99. The second-order valence-electron chi connectivity index (χ2n) is 7.63. The fourth-order valence-electron chi connectivity index (χ4n) is 3.59. The van der Waals surface area contributed by atoms with Crippen LogP contribution in [0.3, 0.4) is 0 Å². The number of carbonyl (C=O) groups excluding carboxylic acids is 2. The zero-order valence-electron chi connectivity index (χ0n) is 18.2. The van der Waals surface area contributed by atoms with Crippen LogP contribution in [0.15, 0.2) is 72.8 Å². The molecule has 3 aromatic carbocycles. The molecule has 172 valence electrons. The molecular formula is C26H25Cl3N2O2. The SMILES string of the molecule is CCNC(=O)[C@@H](Cc1ccccc1)N(Cc1ccc(Cl)cc1Cl)C(=O)Cc1ccccc1Cl. The van der Waals surface area contributed by atoms with Crippen molar-refractivity contribution in [3.63, 3.8) is 0 Å². The van der Waals surface area contributed by atoms with Crippen LogP contribution < -0.4 is 5.32 Å². The van der Waals surface area contributed by atoms with E-state index >= 15 is 0 Å². The predicted octanol–water partition coefficient (Wildman–Crippen LogP) is 5.97. The molecule has 0 aliphatic heterocycles. The van der Waals surface area contributed by atoms with Crippen molar-refractivity contribution in [3.05, 3.63) is 105 Å². The first kappa shape index (κ1) is 25.1. The van der Waals surface area contributed by atoms with E-state index in [4.69, 9.17) is 34.8 Å². The van der Waals surface area contributed by atoms with Crippen LogP contribution in [0.5, 0.6) is 0 Å². The van der Waals surface area contributed by atoms with Gasteiger partial charge in [0.1, 0.15) is 6.04 Å². The fourth-order valence-corrected chi connectivity index (χ4v) is 4.26. The van der Waals surface area contributed by atoms with Crippen molar-refractivity contribution in [2.75, 3.05) is 6.54 Å². The Hall–Kier alpha value is -2.53. The molecule has 0 aliphatic rings. The summed E-state index contributed by atoms with van der Waals surface area (Å²) in [5.74, 6) is -0.444. The maximum absolute atomic E-state index is 13.6. The molecular weight excluding hydrogens is 479 g/mol. The van der Waals surface area contributed by atoms with Crippen LogP contribution in [0.25, 0.3) is 0 Å². The molecule has 4 nitrogen and oxygen atoms in total. The molecule has 0 unspecified atom stereocenters. The number of halogens is 3. The van der Waals surface area contributed by atoms with Gasteiger partial charge in [-0.25, -0.2) is 0 Å². The fraction of sp³-hybridized carbons (Fsp3) is 0.231. The molecule has 0 aromatic heterocycles. The van der Waals surface area contributed by atoms with Gasteiger partial charge in [-0.05, 0) is 41.8 Å². The van der Waals surface area contributed by atoms with Crippen LogP contribution in [-0.4, -0.2) is 29.3 Å². The average Bonchev–Trinajstić information content (AvgIpc) is 2.79. The highest BCUT2D eigenvalue weighted by molar-refractivity contribution is 6.35. The van der Waals surface area contributed by atoms with E-state index < -0.39 is 6.04 Å². The minimum atomic E-state index is -0.728. The third-order valence-electron chi connectivity index (χ3n) is 5.28. The van der Waals surface area contributed by atoms with Crippen molar-refractivity contribution in [2.45, 2.75) is 32.4 Å². The lowest BCUT2D eigenvalue weighted by Gasteiger charge is -2.32. The number of amides is 2. The molecule has 3 rings (SSSR count). The summed E-state index contributed by atoms with van der Waals surface area (Å²) in [6.07, 6.45) is 0.432. The lowest BCUT2D eigenvalue weighted by Crippen LogP contribution is -2.51. The lowest BCUT2D eigenvalue weighted by molar-refractivity contribution is -0.140.